The summed E-state index contributed by atoms with van der Waals surface area (Å²) in [5.41, 5.74) is 0. The molecule has 0 atom stereocenters. The smallest absolute Gasteiger partial charge is 0.254 e. The molecule has 0 N–H and O–H groups in total. The fourth-order valence-corrected chi connectivity index (χ4v) is 1.04. The largest absolute Gasteiger partial charge is 0.342 e. The number of nitrogens with zero attached hydrogens (tertiary/aromatic N) is 2. The third-order valence-electron chi connectivity index (χ3n) is 1.98. The maximum atomic E-state index is 5.41. The molecule has 12 heavy (non-hydrogen) atoms. The van der Waals surface area contributed by atoms with Crippen LogP contribution >= 0.6 is 0 Å². The first-order chi connectivity index (χ1) is 5.75. The van der Waals surface area contributed by atoms with Gasteiger partial charge in [-0.3, -0.25) is 0 Å². The topological polar surface area (TPSA) is 18.0 Å². The molecule has 0 aromatic carbocycles. The summed E-state index contributed by atoms with van der Waals surface area (Å²) >= 11 is 0. The van der Waals surface area contributed by atoms with E-state index in [-0.39, 0.29) is 0 Å². The summed E-state index contributed by atoms with van der Waals surface area (Å²) in [6.07, 6.45) is 5.14. The average molecular weight is 169 g/mol. The molecule has 68 valence electrons. The highest BCUT2D eigenvalue weighted by Crippen LogP contribution is 1.93. The van der Waals surface area contributed by atoms with E-state index in [4.69, 9.17) is 4.74 Å². The van der Waals surface area contributed by atoms with E-state index in [0.717, 1.165) is 13.0 Å². The van der Waals surface area contributed by atoms with Crippen molar-refractivity contribution in [2.45, 2.75) is 27.0 Å². The van der Waals surface area contributed by atoms with Crippen molar-refractivity contribution in [2.24, 2.45) is 7.05 Å². The van der Waals surface area contributed by atoms with Gasteiger partial charge in [-0.25, -0.2) is 9.13 Å². The van der Waals surface area contributed by atoms with Crippen LogP contribution in [0.2, 0.25) is 0 Å². The number of hydrogen-bond acceptors (Lipinski definition) is 1. The summed E-state index contributed by atoms with van der Waals surface area (Å²) in [6.45, 7) is 5.69. The molecule has 1 aromatic heterocycles. The quantitative estimate of drug-likeness (QED) is 0.486. The molecule has 0 saturated heterocycles. The Hall–Kier alpha value is -0.830. The first kappa shape index (κ1) is 9.26. The minimum Gasteiger partial charge on any atom is -0.342 e. The van der Waals surface area contributed by atoms with Crippen LogP contribution in [0.25, 0.3) is 0 Å². The van der Waals surface area contributed by atoms with Crippen molar-refractivity contribution in [1.29, 1.82) is 0 Å². The molecule has 0 amide bonds. The van der Waals surface area contributed by atoms with Gasteiger partial charge in [-0.15, -0.1) is 0 Å². The normalized spacial score (nSPS) is 10.6. The Balaban J connectivity index is 2.46. The zero-order valence-electron chi connectivity index (χ0n) is 8.08. The summed E-state index contributed by atoms with van der Waals surface area (Å²) in [7, 11) is 2.03. The second-order valence-electron chi connectivity index (χ2n) is 2.96. The van der Waals surface area contributed by atoms with Gasteiger partial charge in [0, 0.05) is 6.92 Å². The minimum absolute atomic E-state index is 0.667. The Morgan fingerprint density at radius 2 is 2.33 bits per heavy atom. The van der Waals surface area contributed by atoms with Crippen LogP contribution in [-0.2, 0) is 18.5 Å². The van der Waals surface area contributed by atoms with Crippen molar-refractivity contribution in [2.75, 3.05) is 6.61 Å². The Morgan fingerprint density at radius 3 is 2.83 bits per heavy atom. The van der Waals surface area contributed by atoms with E-state index in [0.29, 0.717) is 6.73 Å². The summed E-state index contributed by atoms with van der Waals surface area (Å²) in [5, 5.41) is 0. The van der Waals surface area contributed by atoms with Crippen LogP contribution in [0.3, 0.4) is 0 Å². The molecule has 0 fully saturated rings. The zero-order valence-corrected chi connectivity index (χ0v) is 8.08. The van der Waals surface area contributed by atoms with Gasteiger partial charge in [0.05, 0.1) is 13.7 Å². The van der Waals surface area contributed by atoms with Crippen molar-refractivity contribution < 1.29 is 9.30 Å². The van der Waals surface area contributed by atoms with Crippen LogP contribution in [-0.4, -0.2) is 11.2 Å². The molecule has 3 nitrogen and oxygen atoms in total. The van der Waals surface area contributed by atoms with Gasteiger partial charge in [0.2, 0.25) is 0 Å². The number of aromatic nitrogens is 2. The van der Waals surface area contributed by atoms with Crippen molar-refractivity contribution in [3.63, 3.8) is 0 Å². The summed E-state index contributed by atoms with van der Waals surface area (Å²) < 4.78 is 9.58. The first-order valence-corrected chi connectivity index (χ1v) is 4.34. The lowest BCUT2D eigenvalue weighted by atomic mass is 10.5. The van der Waals surface area contributed by atoms with Crippen molar-refractivity contribution >= 4 is 0 Å². The molecule has 0 radical (unpaired) electrons. The lowest BCUT2D eigenvalue weighted by molar-refractivity contribution is -0.677. The number of aryl methyl sites for hydroxylation is 1. The predicted molar refractivity (Wildman–Crippen MR) is 46.6 cm³/mol. The summed E-state index contributed by atoms with van der Waals surface area (Å²) in [5.74, 6) is 1.21. The molecule has 1 rings (SSSR count). The zero-order chi connectivity index (χ0) is 8.97. The van der Waals surface area contributed by atoms with Gasteiger partial charge in [-0.05, 0) is 6.42 Å². The van der Waals surface area contributed by atoms with E-state index < -0.39 is 0 Å². The van der Waals surface area contributed by atoms with Gasteiger partial charge >= 0.3 is 0 Å². The lowest BCUT2D eigenvalue weighted by Gasteiger charge is -1.99. The minimum atomic E-state index is 0.667. The van der Waals surface area contributed by atoms with Gasteiger partial charge in [-0.2, -0.15) is 0 Å². The molecule has 0 aliphatic heterocycles. The Labute approximate surface area is 73.6 Å². The van der Waals surface area contributed by atoms with Gasteiger partial charge in [0.25, 0.3) is 5.82 Å². The molecule has 0 bridgehead atoms. The Morgan fingerprint density at radius 1 is 1.58 bits per heavy atom. The maximum Gasteiger partial charge on any atom is 0.254 e. The highest BCUT2D eigenvalue weighted by atomic mass is 16.5. The fraction of sp³-hybridized carbons (Fsp3) is 0.667. The van der Waals surface area contributed by atoms with E-state index >= 15 is 0 Å². The summed E-state index contributed by atoms with van der Waals surface area (Å²) in [4.78, 5) is 0. The Kier molecular flexibility index (Phi) is 3.29. The third-order valence-corrected chi connectivity index (χ3v) is 1.98. The SMILES string of the molecule is CCCOCn1cc[n+](C)c1C. The van der Waals surface area contributed by atoms with Crippen LogP contribution in [0.1, 0.15) is 19.2 Å². The van der Waals surface area contributed by atoms with E-state index in [2.05, 4.69) is 23.0 Å². The third kappa shape index (κ3) is 2.08. The van der Waals surface area contributed by atoms with Crippen molar-refractivity contribution in [1.82, 2.24) is 4.57 Å². The molecular formula is C9H17N2O+. The van der Waals surface area contributed by atoms with E-state index in [9.17, 15) is 0 Å². The average Bonchev–Trinajstić information content (AvgIpc) is 2.36. The number of rotatable bonds is 4. The van der Waals surface area contributed by atoms with Crippen molar-refractivity contribution in [3.05, 3.63) is 18.2 Å². The molecule has 0 unspecified atom stereocenters. The van der Waals surface area contributed by atoms with Gasteiger partial charge < -0.3 is 4.74 Å². The highest BCUT2D eigenvalue weighted by molar-refractivity contribution is 4.77. The van der Waals surface area contributed by atoms with Gasteiger partial charge in [0.15, 0.2) is 6.73 Å². The second kappa shape index (κ2) is 4.26. The van der Waals surface area contributed by atoms with Crippen LogP contribution in [0.5, 0.6) is 0 Å². The number of imidazole rings is 1. The molecule has 0 aliphatic rings. The van der Waals surface area contributed by atoms with Crippen LogP contribution in [0.4, 0.5) is 0 Å². The van der Waals surface area contributed by atoms with Gasteiger partial charge in [-0.1, -0.05) is 6.92 Å². The predicted octanol–water partition coefficient (Wildman–Crippen LogP) is 1.01. The first-order valence-electron chi connectivity index (χ1n) is 4.34. The van der Waals surface area contributed by atoms with Gasteiger partial charge in [0.1, 0.15) is 12.4 Å². The molecule has 0 saturated carbocycles. The lowest BCUT2D eigenvalue weighted by Crippen LogP contribution is -2.29. The van der Waals surface area contributed by atoms with E-state index in [1.54, 1.807) is 0 Å². The molecular weight excluding hydrogens is 152 g/mol. The number of ether oxygens (including phenoxy) is 1. The van der Waals surface area contributed by atoms with E-state index in [1.165, 1.54) is 5.82 Å². The maximum absolute atomic E-state index is 5.41. The monoisotopic (exact) mass is 169 g/mol. The molecule has 1 heterocycles. The second-order valence-corrected chi connectivity index (χ2v) is 2.96. The van der Waals surface area contributed by atoms with Crippen LogP contribution in [0, 0.1) is 6.92 Å². The molecule has 0 aliphatic carbocycles. The number of hydrogen-bond donors (Lipinski definition) is 0. The fourth-order valence-electron chi connectivity index (χ4n) is 1.04. The van der Waals surface area contributed by atoms with Crippen LogP contribution in [0.15, 0.2) is 12.4 Å². The standard InChI is InChI=1S/C9H17N2O/c1-4-7-12-8-11-6-5-10(3)9(11)2/h5-6H,4,7-8H2,1-3H3/q+1. The molecule has 1 aromatic rings. The molecule has 3 heteroatoms. The van der Waals surface area contributed by atoms with Crippen LogP contribution < -0.4 is 4.57 Å². The summed E-state index contributed by atoms with van der Waals surface area (Å²) in [6, 6.07) is 0. The Bertz CT molecular complexity index is 243. The van der Waals surface area contributed by atoms with Crippen molar-refractivity contribution in [3.8, 4) is 0 Å². The highest BCUT2D eigenvalue weighted by Gasteiger charge is 2.06. The van der Waals surface area contributed by atoms with E-state index in [1.807, 2.05) is 19.4 Å². The molecule has 0 spiro atoms.